The van der Waals surface area contributed by atoms with E-state index in [1.807, 2.05) is 47.1 Å². The maximum atomic E-state index is 12.1. The maximum absolute atomic E-state index is 12.1. The largest absolute Gasteiger partial charge is 0.323 e. The number of nitrogens with zero attached hydrogens (tertiary/aromatic N) is 2. The lowest BCUT2D eigenvalue weighted by Gasteiger charge is -2.07. The second kappa shape index (κ2) is 5.35. The van der Waals surface area contributed by atoms with Crippen LogP contribution < -0.4 is 5.32 Å². The van der Waals surface area contributed by atoms with E-state index in [2.05, 4.69) is 10.3 Å². The number of halogens is 1. The maximum Gasteiger partial charge on any atom is 0.228 e. The van der Waals surface area contributed by atoms with Crippen LogP contribution in [0, 0.1) is 0 Å². The minimum Gasteiger partial charge on any atom is -0.323 e. The van der Waals surface area contributed by atoms with Gasteiger partial charge in [0.25, 0.3) is 0 Å². The van der Waals surface area contributed by atoms with E-state index in [0.717, 1.165) is 11.2 Å². The molecule has 0 aliphatic rings. The average Bonchev–Trinajstić information content (AvgIpc) is 2.91. The molecule has 3 rings (SSSR count). The fourth-order valence-electron chi connectivity index (χ4n) is 2.06. The van der Waals surface area contributed by atoms with Gasteiger partial charge in [-0.3, -0.25) is 4.79 Å². The molecule has 0 aliphatic carbocycles. The molecule has 5 heteroatoms. The summed E-state index contributed by atoms with van der Waals surface area (Å²) in [4.78, 5) is 16.3. The Kier molecular flexibility index (Phi) is 3.39. The van der Waals surface area contributed by atoms with Crippen LogP contribution in [0.5, 0.6) is 0 Å². The monoisotopic (exact) mass is 285 g/mol. The van der Waals surface area contributed by atoms with Crippen molar-refractivity contribution in [2.24, 2.45) is 0 Å². The van der Waals surface area contributed by atoms with Gasteiger partial charge in [0, 0.05) is 23.6 Å². The van der Waals surface area contributed by atoms with Crippen LogP contribution >= 0.6 is 11.6 Å². The van der Waals surface area contributed by atoms with Gasteiger partial charge in [-0.15, -0.1) is 0 Å². The van der Waals surface area contributed by atoms with Gasteiger partial charge in [-0.25, -0.2) is 4.98 Å². The van der Waals surface area contributed by atoms with E-state index in [1.165, 1.54) is 0 Å². The first kappa shape index (κ1) is 12.7. The molecule has 0 bridgehead atoms. The van der Waals surface area contributed by atoms with Crippen LogP contribution in [0.3, 0.4) is 0 Å². The number of imidazole rings is 1. The summed E-state index contributed by atoms with van der Waals surface area (Å²) in [6.07, 6.45) is 5.64. The van der Waals surface area contributed by atoms with Crippen LogP contribution in [-0.4, -0.2) is 15.3 Å². The summed E-state index contributed by atoms with van der Waals surface area (Å²) in [6, 6.07) is 11.0. The summed E-state index contributed by atoms with van der Waals surface area (Å²) in [5, 5.41) is 3.46. The second-order valence-corrected chi connectivity index (χ2v) is 4.80. The molecule has 0 radical (unpaired) electrons. The predicted molar refractivity (Wildman–Crippen MR) is 79.0 cm³/mol. The lowest BCUT2D eigenvalue weighted by molar-refractivity contribution is -0.115. The van der Waals surface area contributed by atoms with Crippen LogP contribution in [-0.2, 0) is 11.2 Å². The fourth-order valence-corrected chi connectivity index (χ4v) is 2.26. The van der Waals surface area contributed by atoms with Crippen molar-refractivity contribution in [2.75, 3.05) is 5.32 Å². The summed E-state index contributed by atoms with van der Waals surface area (Å²) >= 11 is 6.05. The van der Waals surface area contributed by atoms with Crippen molar-refractivity contribution < 1.29 is 4.79 Å². The number of rotatable bonds is 3. The van der Waals surface area contributed by atoms with Gasteiger partial charge >= 0.3 is 0 Å². The van der Waals surface area contributed by atoms with E-state index in [4.69, 9.17) is 11.6 Å². The molecule has 20 heavy (non-hydrogen) atoms. The molecule has 0 unspecified atom stereocenters. The third-order valence-corrected chi connectivity index (χ3v) is 3.37. The molecule has 0 atom stereocenters. The Morgan fingerprint density at radius 3 is 2.90 bits per heavy atom. The summed E-state index contributed by atoms with van der Waals surface area (Å²) < 4.78 is 1.85. The number of carbonyl (C=O) groups is 1. The zero-order valence-corrected chi connectivity index (χ0v) is 11.3. The zero-order valence-electron chi connectivity index (χ0n) is 10.6. The first-order valence-corrected chi connectivity index (χ1v) is 6.57. The van der Waals surface area contributed by atoms with Crippen molar-refractivity contribution in [3.8, 4) is 0 Å². The molecule has 0 saturated carbocycles. The Balaban J connectivity index is 1.80. The van der Waals surface area contributed by atoms with Crippen LogP contribution in [0.2, 0.25) is 5.02 Å². The van der Waals surface area contributed by atoms with Gasteiger partial charge < -0.3 is 9.72 Å². The minimum absolute atomic E-state index is 0.116. The van der Waals surface area contributed by atoms with Crippen molar-refractivity contribution in [1.29, 1.82) is 0 Å². The quantitative estimate of drug-likeness (QED) is 0.803. The minimum atomic E-state index is -0.116. The molecule has 0 spiro atoms. The normalized spacial score (nSPS) is 10.7. The van der Waals surface area contributed by atoms with Gasteiger partial charge in [0.2, 0.25) is 5.91 Å². The molecular formula is C15H12ClN3O. The van der Waals surface area contributed by atoms with Crippen molar-refractivity contribution in [3.63, 3.8) is 0 Å². The van der Waals surface area contributed by atoms with Crippen molar-refractivity contribution in [2.45, 2.75) is 6.42 Å². The zero-order chi connectivity index (χ0) is 13.9. The molecule has 1 aromatic carbocycles. The molecule has 0 aliphatic heterocycles. The molecule has 4 nitrogen and oxygen atoms in total. The third-order valence-electron chi connectivity index (χ3n) is 3.00. The number of pyridine rings is 1. The van der Waals surface area contributed by atoms with Crippen LogP contribution in [0.1, 0.15) is 5.56 Å². The van der Waals surface area contributed by atoms with Crippen molar-refractivity contribution >= 4 is 28.8 Å². The number of nitrogens with one attached hydrogen (secondary N) is 1. The molecular weight excluding hydrogens is 274 g/mol. The van der Waals surface area contributed by atoms with Crippen LogP contribution in [0.25, 0.3) is 5.65 Å². The number of aromatic nitrogens is 2. The standard InChI is InChI=1S/C15H12ClN3O/c16-12-5-2-1-4-11(12)10-14(20)18-13-6-3-8-19-9-7-17-15(13)19/h1-9H,10H2,(H,18,20). The number of fused-ring (bicyclic) bond motifs is 1. The summed E-state index contributed by atoms with van der Waals surface area (Å²) in [6.45, 7) is 0. The summed E-state index contributed by atoms with van der Waals surface area (Å²) in [7, 11) is 0. The topological polar surface area (TPSA) is 46.4 Å². The Morgan fingerprint density at radius 2 is 2.05 bits per heavy atom. The van der Waals surface area contributed by atoms with E-state index in [9.17, 15) is 4.79 Å². The van der Waals surface area contributed by atoms with E-state index in [0.29, 0.717) is 10.7 Å². The van der Waals surface area contributed by atoms with Crippen molar-refractivity contribution in [1.82, 2.24) is 9.38 Å². The lowest BCUT2D eigenvalue weighted by atomic mass is 10.1. The first-order chi connectivity index (χ1) is 9.74. The van der Waals surface area contributed by atoms with E-state index in [-0.39, 0.29) is 12.3 Å². The van der Waals surface area contributed by atoms with Gasteiger partial charge in [0.05, 0.1) is 12.1 Å². The lowest BCUT2D eigenvalue weighted by Crippen LogP contribution is -2.15. The molecule has 1 amide bonds. The molecule has 0 saturated heterocycles. The Morgan fingerprint density at radius 1 is 1.20 bits per heavy atom. The van der Waals surface area contributed by atoms with Gasteiger partial charge in [-0.1, -0.05) is 29.8 Å². The number of hydrogen-bond donors (Lipinski definition) is 1. The summed E-state index contributed by atoms with van der Waals surface area (Å²) in [5.41, 5.74) is 2.22. The van der Waals surface area contributed by atoms with Crippen LogP contribution in [0.15, 0.2) is 55.0 Å². The highest BCUT2D eigenvalue weighted by molar-refractivity contribution is 6.31. The van der Waals surface area contributed by atoms with Gasteiger partial charge in [0.15, 0.2) is 5.65 Å². The van der Waals surface area contributed by atoms with Crippen molar-refractivity contribution in [3.05, 3.63) is 65.6 Å². The van der Waals surface area contributed by atoms with Gasteiger partial charge in [0.1, 0.15) is 0 Å². The number of hydrogen-bond acceptors (Lipinski definition) is 2. The molecule has 2 heterocycles. The predicted octanol–water partition coefficient (Wildman–Crippen LogP) is 3.17. The number of carbonyl (C=O) groups excluding carboxylic acids is 1. The molecule has 100 valence electrons. The average molecular weight is 286 g/mol. The van der Waals surface area contributed by atoms with Gasteiger partial charge in [-0.05, 0) is 23.8 Å². The van der Waals surface area contributed by atoms with Crippen LogP contribution in [0.4, 0.5) is 5.69 Å². The Bertz CT molecular complexity index is 766. The molecule has 3 aromatic rings. The smallest absolute Gasteiger partial charge is 0.228 e. The van der Waals surface area contributed by atoms with E-state index in [1.54, 1.807) is 12.3 Å². The SMILES string of the molecule is O=C(Cc1ccccc1Cl)Nc1cccn2ccnc12. The third kappa shape index (κ3) is 2.51. The fraction of sp³-hybridized carbons (Fsp3) is 0.0667. The van der Waals surface area contributed by atoms with E-state index < -0.39 is 0 Å². The Labute approximate surface area is 121 Å². The highest BCUT2D eigenvalue weighted by Gasteiger charge is 2.09. The van der Waals surface area contributed by atoms with Gasteiger partial charge in [-0.2, -0.15) is 0 Å². The number of amides is 1. The molecule has 1 N–H and O–H groups in total. The highest BCUT2D eigenvalue weighted by atomic mass is 35.5. The Hall–Kier alpha value is -2.33. The number of anilines is 1. The second-order valence-electron chi connectivity index (χ2n) is 4.40. The molecule has 2 aromatic heterocycles. The molecule has 0 fully saturated rings. The first-order valence-electron chi connectivity index (χ1n) is 6.19. The number of benzene rings is 1. The summed E-state index contributed by atoms with van der Waals surface area (Å²) in [5.74, 6) is -0.116. The van der Waals surface area contributed by atoms with E-state index >= 15 is 0 Å². The highest BCUT2D eigenvalue weighted by Crippen LogP contribution is 2.18.